The molecule has 3 heterocycles. The molecule has 4 amide bonds. The third kappa shape index (κ3) is 3.88. The van der Waals surface area contributed by atoms with Crippen LogP contribution in [0.4, 0.5) is 10.5 Å². The van der Waals surface area contributed by atoms with Crippen LogP contribution in [0, 0.1) is 6.92 Å². The number of amides is 4. The molecule has 0 aliphatic carbocycles. The van der Waals surface area contributed by atoms with Gasteiger partial charge < -0.3 is 15.6 Å². The number of carbonyl (C=O) groups excluding carboxylic acids is 3. The van der Waals surface area contributed by atoms with Gasteiger partial charge in [-0.05, 0) is 30.7 Å². The molecule has 1 aliphatic heterocycles. The Morgan fingerprint density at radius 3 is 2.51 bits per heavy atom. The zero-order valence-corrected chi connectivity index (χ0v) is 19.2. The van der Waals surface area contributed by atoms with E-state index in [1.165, 1.54) is 4.68 Å². The first-order valence-corrected chi connectivity index (χ1v) is 11.2. The first kappa shape index (κ1) is 22.2. The number of imide groups is 1. The van der Waals surface area contributed by atoms with Crippen LogP contribution in [0.3, 0.4) is 0 Å². The summed E-state index contributed by atoms with van der Waals surface area (Å²) in [6, 6.07) is 15.3. The average molecular weight is 473 g/mol. The molecule has 0 saturated carbocycles. The number of rotatable bonds is 6. The Kier molecular flexibility index (Phi) is 5.48. The first-order valence-electron chi connectivity index (χ1n) is 11.2. The summed E-state index contributed by atoms with van der Waals surface area (Å²) in [6.07, 6.45) is 2.11. The number of anilines is 1. The lowest BCUT2D eigenvalue weighted by Crippen LogP contribution is -2.39. The van der Waals surface area contributed by atoms with Gasteiger partial charge in [0.05, 0.1) is 11.4 Å². The fourth-order valence-corrected chi connectivity index (χ4v) is 4.42. The highest BCUT2D eigenvalue weighted by atomic mass is 16.2. The Balaban J connectivity index is 1.30. The van der Waals surface area contributed by atoms with Crippen molar-refractivity contribution in [3.63, 3.8) is 0 Å². The molecular formula is C25H24N6O4. The summed E-state index contributed by atoms with van der Waals surface area (Å²) >= 11 is 0. The largest absolute Gasteiger partial charge is 0.361 e. The van der Waals surface area contributed by atoms with Crippen LogP contribution in [0.5, 0.6) is 0 Å². The van der Waals surface area contributed by atoms with E-state index in [-0.39, 0.29) is 5.69 Å². The summed E-state index contributed by atoms with van der Waals surface area (Å²) in [4.78, 5) is 55.2. The summed E-state index contributed by atoms with van der Waals surface area (Å²) in [7, 11) is 1.71. The van der Waals surface area contributed by atoms with Gasteiger partial charge >= 0.3 is 6.03 Å². The number of fused-ring (bicyclic) bond motifs is 1. The van der Waals surface area contributed by atoms with Crippen molar-refractivity contribution in [2.24, 2.45) is 7.05 Å². The second-order valence-electron chi connectivity index (χ2n) is 8.47. The number of para-hydroxylation sites is 2. The molecule has 35 heavy (non-hydrogen) atoms. The molecule has 0 radical (unpaired) electrons. The minimum Gasteiger partial charge on any atom is -0.361 e. The van der Waals surface area contributed by atoms with E-state index in [0.717, 1.165) is 21.4 Å². The van der Waals surface area contributed by atoms with Gasteiger partial charge in [0, 0.05) is 30.6 Å². The monoisotopic (exact) mass is 472 g/mol. The number of aromatic amines is 1. The summed E-state index contributed by atoms with van der Waals surface area (Å²) in [5.41, 5.74) is 2.73. The topological polar surface area (TPSA) is 121 Å². The third-order valence-electron chi connectivity index (χ3n) is 6.33. The molecule has 1 atom stereocenters. The van der Waals surface area contributed by atoms with E-state index in [0.29, 0.717) is 17.8 Å². The average Bonchev–Trinajstić information content (AvgIpc) is 3.45. The van der Waals surface area contributed by atoms with Crippen LogP contribution in [0.25, 0.3) is 16.6 Å². The highest BCUT2D eigenvalue weighted by Gasteiger charge is 2.39. The normalized spacial score (nSPS) is 15.6. The second kappa shape index (κ2) is 8.64. The van der Waals surface area contributed by atoms with Gasteiger partial charge in [0.1, 0.15) is 18.3 Å². The Morgan fingerprint density at radius 1 is 1.03 bits per heavy atom. The van der Waals surface area contributed by atoms with E-state index in [4.69, 9.17) is 0 Å². The number of hydrogen-bond acceptors (Lipinski definition) is 4. The number of aromatic nitrogens is 3. The fraction of sp³-hybridized carbons (Fsp3) is 0.200. The summed E-state index contributed by atoms with van der Waals surface area (Å²) in [5.74, 6) is -1.12. The molecule has 1 fully saturated rings. The molecule has 4 aromatic rings. The van der Waals surface area contributed by atoms with E-state index in [1.807, 2.05) is 48.7 Å². The van der Waals surface area contributed by atoms with Crippen molar-refractivity contribution in [2.75, 3.05) is 11.9 Å². The zero-order chi connectivity index (χ0) is 24.7. The lowest BCUT2D eigenvalue weighted by atomic mass is 10.1. The first-order chi connectivity index (χ1) is 16.8. The van der Waals surface area contributed by atoms with Gasteiger partial charge in [-0.25, -0.2) is 9.48 Å². The predicted octanol–water partition coefficient (Wildman–Crippen LogP) is 2.07. The van der Waals surface area contributed by atoms with E-state index in [9.17, 15) is 19.2 Å². The number of urea groups is 1. The number of hydrogen-bond donors (Lipinski definition) is 3. The number of nitrogens with one attached hydrogen (secondary N) is 3. The van der Waals surface area contributed by atoms with Gasteiger partial charge in [0.15, 0.2) is 0 Å². The van der Waals surface area contributed by atoms with Crippen molar-refractivity contribution in [3.05, 3.63) is 82.4 Å². The summed E-state index contributed by atoms with van der Waals surface area (Å²) in [5, 5.41) is 6.22. The minimum atomic E-state index is -0.775. The van der Waals surface area contributed by atoms with E-state index in [1.54, 1.807) is 30.8 Å². The third-order valence-corrected chi connectivity index (χ3v) is 6.33. The van der Waals surface area contributed by atoms with Crippen LogP contribution in [-0.2, 0) is 23.1 Å². The second-order valence-corrected chi connectivity index (χ2v) is 8.47. The van der Waals surface area contributed by atoms with Crippen molar-refractivity contribution < 1.29 is 14.4 Å². The van der Waals surface area contributed by atoms with Crippen LogP contribution < -0.4 is 16.2 Å². The quantitative estimate of drug-likeness (QED) is 0.372. The van der Waals surface area contributed by atoms with Crippen molar-refractivity contribution in [2.45, 2.75) is 19.4 Å². The van der Waals surface area contributed by atoms with Gasteiger partial charge in [0.25, 0.3) is 11.5 Å². The molecule has 10 nitrogen and oxygen atoms in total. The van der Waals surface area contributed by atoms with Crippen LogP contribution in [0.15, 0.2) is 65.6 Å². The minimum absolute atomic E-state index is 0.101. The van der Waals surface area contributed by atoms with Gasteiger partial charge in [-0.15, -0.1) is 0 Å². The molecule has 2 aromatic carbocycles. The smallest absolute Gasteiger partial charge is 0.325 e. The van der Waals surface area contributed by atoms with Crippen LogP contribution in [0.1, 0.15) is 11.3 Å². The Morgan fingerprint density at radius 2 is 1.74 bits per heavy atom. The van der Waals surface area contributed by atoms with Crippen LogP contribution in [0.2, 0.25) is 0 Å². The number of carbonyl (C=O) groups is 3. The van der Waals surface area contributed by atoms with Crippen molar-refractivity contribution >= 4 is 34.4 Å². The SMILES string of the molecule is Cc1c(NC(=O)CN2C(=O)N[C@H](Cc3c[nH]c4ccccc34)C2=O)c(=O)n(-c2ccccc2)n1C. The molecule has 0 bridgehead atoms. The maximum absolute atomic E-state index is 13.0. The lowest BCUT2D eigenvalue weighted by Gasteiger charge is -2.12. The van der Waals surface area contributed by atoms with Crippen molar-refractivity contribution in [1.82, 2.24) is 24.6 Å². The highest BCUT2D eigenvalue weighted by Crippen LogP contribution is 2.21. The standard InChI is InChI=1S/C25H24N6O4/c1-15-22(24(34)31(29(15)2)17-8-4-3-5-9-17)28-21(32)14-30-23(33)20(27-25(30)35)12-16-13-26-19-11-7-6-10-18(16)19/h3-11,13,20,26H,12,14H2,1-2H3,(H,27,35)(H,28,32)/t20-/m1/s1. The van der Waals surface area contributed by atoms with Gasteiger partial charge in [-0.2, -0.15) is 0 Å². The van der Waals surface area contributed by atoms with Gasteiger partial charge in [0.2, 0.25) is 5.91 Å². The van der Waals surface area contributed by atoms with E-state index in [2.05, 4.69) is 15.6 Å². The lowest BCUT2D eigenvalue weighted by molar-refractivity contribution is -0.130. The van der Waals surface area contributed by atoms with Crippen LogP contribution >= 0.6 is 0 Å². The molecule has 1 saturated heterocycles. The number of H-pyrrole nitrogens is 1. The summed E-state index contributed by atoms with van der Waals surface area (Å²) < 4.78 is 3.08. The van der Waals surface area contributed by atoms with Crippen molar-refractivity contribution in [1.29, 1.82) is 0 Å². The molecular weight excluding hydrogens is 448 g/mol. The zero-order valence-electron chi connectivity index (χ0n) is 19.2. The molecule has 3 N–H and O–H groups in total. The number of nitrogens with zero attached hydrogens (tertiary/aromatic N) is 3. The van der Waals surface area contributed by atoms with Crippen molar-refractivity contribution in [3.8, 4) is 5.69 Å². The van der Waals surface area contributed by atoms with Crippen LogP contribution in [-0.4, -0.2) is 49.7 Å². The Hall–Kier alpha value is -4.60. The number of benzene rings is 2. The molecule has 0 unspecified atom stereocenters. The Labute approximate surface area is 200 Å². The maximum atomic E-state index is 13.0. The van der Waals surface area contributed by atoms with Gasteiger partial charge in [-0.3, -0.25) is 24.0 Å². The molecule has 0 spiro atoms. The summed E-state index contributed by atoms with van der Waals surface area (Å²) in [6.45, 7) is 1.22. The fourth-order valence-electron chi connectivity index (χ4n) is 4.42. The molecule has 1 aliphatic rings. The Bertz CT molecular complexity index is 1510. The molecule has 10 heteroatoms. The predicted molar refractivity (Wildman–Crippen MR) is 130 cm³/mol. The maximum Gasteiger partial charge on any atom is 0.325 e. The van der Waals surface area contributed by atoms with E-state index >= 15 is 0 Å². The van der Waals surface area contributed by atoms with E-state index < -0.39 is 36.0 Å². The molecule has 5 rings (SSSR count). The van der Waals surface area contributed by atoms with Gasteiger partial charge in [-0.1, -0.05) is 36.4 Å². The highest BCUT2D eigenvalue weighted by molar-refractivity contribution is 6.08. The molecule has 2 aromatic heterocycles. The molecule has 178 valence electrons.